The molecule has 0 bridgehead atoms. The molecule has 1 heterocycles. The van der Waals surface area contributed by atoms with E-state index >= 15 is 0 Å². The van der Waals surface area contributed by atoms with E-state index in [1.165, 1.54) is 29.3 Å². The zero-order valence-electron chi connectivity index (χ0n) is 11.0. The lowest BCUT2D eigenvalue weighted by atomic mass is 9.77. The van der Waals surface area contributed by atoms with Gasteiger partial charge in [-0.05, 0) is 35.7 Å². The SMILES string of the molecule is Oc1ccc(O)c(-c2nc(C3Cc4ccccc43)no2)c1. The van der Waals surface area contributed by atoms with Gasteiger partial charge in [0.15, 0.2) is 5.82 Å². The van der Waals surface area contributed by atoms with E-state index in [-0.39, 0.29) is 23.3 Å². The number of fused-ring (bicyclic) bond motifs is 1. The molecule has 3 aromatic rings. The van der Waals surface area contributed by atoms with E-state index in [2.05, 4.69) is 22.3 Å². The second-order valence-electron chi connectivity index (χ2n) is 5.11. The Balaban J connectivity index is 1.70. The maximum absolute atomic E-state index is 9.83. The Labute approximate surface area is 120 Å². The number of phenolic OH excluding ortho intramolecular Hbond substituents is 2. The topological polar surface area (TPSA) is 79.4 Å². The Hall–Kier alpha value is -2.82. The van der Waals surface area contributed by atoms with Gasteiger partial charge >= 0.3 is 0 Å². The Morgan fingerprint density at radius 2 is 1.95 bits per heavy atom. The minimum absolute atomic E-state index is 0.00277. The highest BCUT2D eigenvalue weighted by Crippen LogP contribution is 2.39. The monoisotopic (exact) mass is 280 g/mol. The summed E-state index contributed by atoms with van der Waals surface area (Å²) in [4.78, 5) is 4.35. The second-order valence-corrected chi connectivity index (χ2v) is 5.11. The predicted octanol–water partition coefficient (Wildman–Crippen LogP) is 2.84. The standard InChI is InChI=1S/C16H12N2O3/c19-10-5-6-14(20)13(8-10)16-17-15(18-21-16)12-7-9-3-1-2-4-11(9)12/h1-6,8,12,19-20H,7H2. The molecule has 1 aliphatic carbocycles. The third kappa shape index (κ3) is 1.86. The van der Waals surface area contributed by atoms with Gasteiger partial charge in [-0.25, -0.2) is 0 Å². The zero-order valence-corrected chi connectivity index (χ0v) is 11.0. The van der Waals surface area contributed by atoms with E-state index in [4.69, 9.17) is 4.52 Å². The van der Waals surface area contributed by atoms with Crippen molar-refractivity contribution in [3.8, 4) is 23.0 Å². The van der Waals surface area contributed by atoms with Gasteiger partial charge in [-0.1, -0.05) is 29.4 Å². The van der Waals surface area contributed by atoms with Gasteiger partial charge in [0.2, 0.25) is 0 Å². The molecular formula is C16H12N2O3. The van der Waals surface area contributed by atoms with Gasteiger partial charge in [0, 0.05) is 0 Å². The van der Waals surface area contributed by atoms with Crippen molar-refractivity contribution in [1.29, 1.82) is 0 Å². The lowest BCUT2D eigenvalue weighted by Crippen LogP contribution is -2.19. The molecule has 0 aliphatic heterocycles. The summed E-state index contributed by atoms with van der Waals surface area (Å²) in [6.45, 7) is 0. The molecule has 0 saturated carbocycles. The molecule has 5 heteroatoms. The van der Waals surface area contributed by atoms with Crippen molar-refractivity contribution in [2.45, 2.75) is 12.3 Å². The number of rotatable bonds is 2. The van der Waals surface area contributed by atoms with Crippen LogP contribution < -0.4 is 0 Å². The number of nitrogens with zero attached hydrogens (tertiary/aromatic N) is 2. The summed E-state index contributed by atoms with van der Waals surface area (Å²) in [5.74, 6) is 0.987. The number of phenols is 2. The Morgan fingerprint density at radius 3 is 2.81 bits per heavy atom. The third-order valence-electron chi connectivity index (χ3n) is 3.82. The first-order valence-electron chi connectivity index (χ1n) is 6.66. The summed E-state index contributed by atoms with van der Waals surface area (Å²) in [7, 11) is 0. The van der Waals surface area contributed by atoms with Crippen molar-refractivity contribution in [2.24, 2.45) is 0 Å². The molecule has 1 atom stereocenters. The van der Waals surface area contributed by atoms with Gasteiger partial charge in [-0.3, -0.25) is 0 Å². The first kappa shape index (κ1) is 12.0. The van der Waals surface area contributed by atoms with E-state index in [0.717, 1.165) is 6.42 Å². The van der Waals surface area contributed by atoms with Gasteiger partial charge < -0.3 is 14.7 Å². The van der Waals surface area contributed by atoms with Crippen LogP contribution in [0.1, 0.15) is 22.9 Å². The molecule has 2 aromatic carbocycles. The summed E-state index contributed by atoms with van der Waals surface area (Å²) in [5.41, 5.74) is 2.85. The van der Waals surface area contributed by atoms with Crippen LogP contribution in [0.15, 0.2) is 47.0 Å². The van der Waals surface area contributed by atoms with Gasteiger partial charge in [0.05, 0.1) is 11.5 Å². The third-order valence-corrected chi connectivity index (χ3v) is 3.82. The first-order chi connectivity index (χ1) is 10.2. The molecule has 4 rings (SSSR count). The zero-order chi connectivity index (χ0) is 14.4. The molecule has 5 nitrogen and oxygen atoms in total. The van der Waals surface area contributed by atoms with Crippen LogP contribution in [0.5, 0.6) is 11.5 Å². The van der Waals surface area contributed by atoms with Crippen LogP contribution >= 0.6 is 0 Å². The van der Waals surface area contributed by atoms with E-state index in [1.807, 2.05) is 12.1 Å². The molecule has 2 N–H and O–H groups in total. The van der Waals surface area contributed by atoms with Crippen molar-refractivity contribution in [2.75, 3.05) is 0 Å². The van der Waals surface area contributed by atoms with E-state index < -0.39 is 0 Å². The molecule has 0 radical (unpaired) electrons. The van der Waals surface area contributed by atoms with Crippen molar-refractivity contribution >= 4 is 0 Å². The van der Waals surface area contributed by atoms with Gasteiger partial charge in [-0.2, -0.15) is 4.98 Å². The fourth-order valence-corrected chi connectivity index (χ4v) is 2.67. The highest BCUT2D eigenvalue weighted by molar-refractivity contribution is 5.64. The minimum Gasteiger partial charge on any atom is -0.508 e. The summed E-state index contributed by atoms with van der Waals surface area (Å²) in [6, 6.07) is 12.4. The van der Waals surface area contributed by atoms with Gasteiger partial charge in [0.25, 0.3) is 5.89 Å². The number of aromatic hydroxyl groups is 2. The fourth-order valence-electron chi connectivity index (χ4n) is 2.67. The molecule has 1 unspecified atom stereocenters. The molecule has 1 aromatic heterocycles. The second kappa shape index (κ2) is 4.34. The highest BCUT2D eigenvalue weighted by atomic mass is 16.5. The fraction of sp³-hybridized carbons (Fsp3) is 0.125. The summed E-state index contributed by atoms with van der Waals surface area (Å²) in [6.07, 6.45) is 0.890. The van der Waals surface area contributed by atoms with Crippen LogP contribution in [0.3, 0.4) is 0 Å². The van der Waals surface area contributed by atoms with Gasteiger partial charge in [-0.15, -0.1) is 0 Å². The molecule has 21 heavy (non-hydrogen) atoms. The van der Waals surface area contributed by atoms with E-state index in [0.29, 0.717) is 11.4 Å². The highest BCUT2D eigenvalue weighted by Gasteiger charge is 2.31. The molecule has 0 amide bonds. The Bertz CT molecular complexity index is 826. The van der Waals surface area contributed by atoms with Crippen LogP contribution in [0.25, 0.3) is 11.5 Å². The summed E-state index contributed by atoms with van der Waals surface area (Å²) >= 11 is 0. The maximum atomic E-state index is 9.83. The lowest BCUT2D eigenvalue weighted by molar-refractivity contribution is 0.411. The maximum Gasteiger partial charge on any atom is 0.261 e. The first-order valence-corrected chi connectivity index (χ1v) is 6.66. The lowest BCUT2D eigenvalue weighted by Gasteiger charge is -2.27. The summed E-state index contributed by atoms with van der Waals surface area (Å²) in [5, 5.41) is 23.3. The molecular weight excluding hydrogens is 268 g/mol. The van der Waals surface area contributed by atoms with Crippen LogP contribution in [-0.2, 0) is 6.42 Å². The Morgan fingerprint density at radius 1 is 1.10 bits per heavy atom. The predicted molar refractivity (Wildman–Crippen MR) is 75.1 cm³/mol. The average Bonchev–Trinajstić information content (AvgIpc) is 2.92. The van der Waals surface area contributed by atoms with Crippen molar-refractivity contribution in [3.05, 3.63) is 59.4 Å². The molecule has 0 spiro atoms. The molecule has 1 aliphatic rings. The molecule has 0 fully saturated rings. The van der Waals surface area contributed by atoms with Crippen molar-refractivity contribution in [3.63, 3.8) is 0 Å². The van der Waals surface area contributed by atoms with Gasteiger partial charge in [0.1, 0.15) is 11.5 Å². The van der Waals surface area contributed by atoms with Crippen LogP contribution in [0, 0.1) is 0 Å². The summed E-state index contributed by atoms with van der Waals surface area (Å²) < 4.78 is 5.23. The number of hydrogen-bond donors (Lipinski definition) is 2. The average molecular weight is 280 g/mol. The number of hydrogen-bond acceptors (Lipinski definition) is 5. The normalized spacial score (nSPS) is 16.3. The quantitative estimate of drug-likeness (QED) is 0.706. The number of aromatic nitrogens is 2. The molecule has 0 saturated heterocycles. The molecule has 104 valence electrons. The van der Waals surface area contributed by atoms with Crippen LogP contribution in [-0.4, -0.2) is 20.4 Å². The van der Waals surface area contributed by atoms with Crippen LogP contribution in [0.4, 0.5) is 0 Å². The number of benzene rings is 2. The minimum atomic E-state index is -0.00277. The van der Waals surface area contributed by atoms with Crippen LogP contribution in [0.2, 0.25) is 0 Å². The Kier molecular flexibility index (Phi) is 2.47. The van der Waals surface area contributed by atoms with E-state index in [1.54, 1.807) is 0 Å². The largest absolute Gasteiger partial charge is 0.508 e. The van der Waals surface area contributed by atoms with Crippen molar-refractivity contribution in [1.82, 2.24) is 10.1 Å². The van der Waals surface area contributed by atoms with E-state index in [9.17, 15) is 10.2 Å². The smallest absolute Gasteiger partial charge is 0.261 e. The van der Waals surface area contributed by atoms with Crippen molar-refractivity contribution < 1.29 is 14.7 Å².